The van der Waals surface area contributed by atoms with Gasteiger partial charge in [0.25, 0.3) is 0 Å². The van der Waals surface area contributed by atoms with E-state index in [0.29, 0.717) is 12.5 Å². The van der Waals surface area contributed by atoms with Crippen molar-refractivity contribution in [3.8, 4) is 5.82 Å². The van der Waals surface area contributed by atoms with Crippen LogP contribution < -0.4 is 5.32 Å². The Morgan fingerprint density at radius 1 is 1.11 bits per heavy atom. The molecule has 1 aliphatic carbocycles. The zero-order valence-corrected chi connectivity index (χ0v) is 16.5. The smallest absolute Gasteiger partial charge is 0.157 e. The van der Waals surface area contributed by atoms with Crippen molar-refractivity contribution < 1.29 is 4.39 Å². The number of aryl methyl sites for hydroxylation is 2. The zero-order valence-electron chi connectivity index (χ0n) is 16.5. The van der Waals surface area contributed by atoms with Gasteiger partial charge in [-0.15, -0.1) is 0 Å². The first-order chi connectivity index (χ1) is 13.6. The lowest BCUT2D eigenvalue weighted by Gasteiger charge is -2.28. The molecule has 6 heteroatoms. The Kier molecular flexibility index (Phi) is 4.38. The van der Waals surface area contributed by atoms with Gasteiger partial charge in [-0.1, -0.05) is 6.42 Å². The monoisotopic (exact) mass is 379 g/mol. The van der Waals surface area contributed by atoms with E-state index in [1.807, 2.05) is 17.8 Å². The zero-order chi connectivity index (χ0) is 19.3. The summed E-state index contributed by atoms with van der Waals surface area (Å²) in [5.74, 6) is 2.06. The molecule has 5 nitrogen and oxygen atoms in total. The minimum atomic E-state index is -0.854. The molecule has 3 aromatic rings. The third kappa shape index (κ3) is 3.00. The van der Waals surface area contributed by atoms with Crippen LogP contribution in [0.4, 0.5) is 4.39 Å². The van der Waals surface area contributed by atoms with Crippen LogP contribution in [0.5, 0.6) is 0 Å². The van der Waals surface area contributed by atoms with Crippen LogP contribution in [0.1, 0.15) is 60.2 Å². The molecule has 146 valence electrons. The van der Waals surface area contributed by atoms with E-state index in [4.69, 9.17) is 0 Å². The van der Waals surface area contributed by atoms with E-state index in [-0.39, 0.29) is 5.92 Å². The molecule has 2 aliphatic rings. The Hall–Kier alpha value is -2.34. The Balaban J connectivity index is 1.61. The summed E-state index contributed by atoms with van der Waals surface area (Å²) < 4.78 is 16.5. The lowest BCUT2D eigenvalue weighted by atomic mass is 9.83. The number of nitrogens with one attached hydrogen (secondary N) is 1. The van der Waals surface area contributed by atoms with Gasteiger partial charge in [-0.05, 0) is 62.9 Å². The number of rotatable bonds is 3. The summed E-state index contributed by atoms with van der Waals surface area (Å²) in [5.41, 5.74) is 4.33. The van der Waals surface area contributed by atoms with Crippen LogP contribution in [-0.4, -0.2) is 39.0 Å². The number of benzene rings is 1. The topological polar surface area (TPSA) is 55.6 Å². The van der Waals surface area contributed by atoms with E-state index in [1.165, 1.54) is 19.3 Å². The first kappa shape index (κ1) is 17.7. The Labute approximate surface area is 164 Å². The molecular weight excluding hydrogens is 353 g/mol. The molecule has 2 atom stereocenters. The van der Waals surface area contributed by atoms with Crippen molar-refractivity contribution in [3.05, 3.63) is 47.0 Å². The molecule has 2 unspecified atom stereocenters. The summed E-state index contributed by atoms with van der Waals surface area (Å²) in [5, 5.41) is 8.83. The van der Waals surface area contributed by atoms with Crippen molar-refractivity contribution in [1.82, 2.24) is 25.1 Å². The van der Waals surface area contributed by atoms with Crippen molar-refractivity contribution in [2.45, 2.75) is 57.5 Å². The number of fused-ring (bicyclic) bond motifs is 1. The van der Waals surface area contributed by atoms with Gasteiger partial charge in [0.15, 0.2) is 5.82 Å². The second-order valence-electron chi connectivity index (χ2n) is 8.27. The number of hydrogen-bond acceptors (Lipinski definition) is 4. The Bertz CT molecular complexity index is 1020. The van der Waals surface area contributed by atoms with E-state index in [0.717, 1.165) is 52.3 Å². The fraction of sp³-hybridized carbons (Fsp3) is 0.500. The van der Waals surface area contributed by atoms with Crippen molar-refractivity contribution in [1.29, 1.82) is 0 Å². The number of nitrogens with zero attached hydrogens (tertiary/aromatic N) is 4. The minimum Gasteiger partial charge on any atom is -0.314 e. The maximum absolute atomic E-state index is 14.6. The standard InChI is InChI=1S/C22H26FN5/c1-13-8-16-11-25-28(21(16)9-18(13)17-6-7-24-12-19(17)23)22-10-20(15-4-3-5-15)26-14(2)27-22/h8-11,15,17,19,24H,3-7,12H2,1-2H3. The molecule has 0 radical (unpaired) electrons. The van der Waals surface area contributed by atoms with Gasteiger partial charge < -0.3 is 5.32 Å². The molecule has 5 rings (SSSR count). The average Bonchev–Trinajstić information content (AvgIpc) is 3.02. The molecule has 1 saturated heterocycles. The van der Waals surface area contributed by atoms with Crippen molar-refractivity contribution in [3.63, 3.8) is 0 Å². The van der Waals surface area contributed by atoms with E-state index >= 15 is 0 Å². The molecule has 1 saturated carbocycles. The first-order valence-electron chi connectivity index (χ1n) is 10.3. The summed E-state index contributed by atoms with van der Waals surface area (Å²) in [6, 6.07) is 6.33. The van der Waals surface area contributed by atoms with Gasteiger partial charge in [0, 0.05) is 35.5 Å². The Morgan fingerprint density at radius 3 is 2.71 bits per heavy atom. The van der Waals surface area contributed by atoms with Gasteiger partial charge in [-0.25, -0.2) is 19.0 Å². The number of alkyl halides is 1. The molecule has 0 amide bonds. The third-order valence-electron chi connectivity index (χ3n) is 6.35. The highest BCUT2D eigenvalue weighted by molar-refractivity contribution is 5.82. The van der Waals surface area contributed by atoms with Gasteiger partial charge >= 0.3 is 0 Å². The minimum absolute atomic E-state index is 0.0633. The van der Waals surface area contributed by atoms with E-state index < -0.39 is 6.17 Å². The van der Waals surface area contributed by atoms with Gasteiger partial charge in [-0.3, -0.25) is 0 Å². The second kappa shape index (κ2) is 6.92. The number of aromatic nitrogens is 4. The van der Waals surface area contributed by atoms with Gasteiger partial charge in [0.05, 0.1) is 11.7 Å². The maximum Gasteiger partial charge on any atom is 0.157 e. The normalized spacial score (nSPS) is 23.1. The molecule has 1 aliphatic heterocycles. The molecule has 3 heterocycles. The number of hydrogen-bond donors (Lipinski definition) is 1. The van der Waals surface area contributed by atoms with Crippen molar-refractivity contribution >= 4 is 10.9 Å². The summed E-state index contributed by atoms with van der Waals surface area (Å²) in [6.07, 6.45) is 5.52. The predicted molar refractivity (Wildman–Crippen MR) is 108 cm³/mol. The van der Waals surface area contributed by atoms with Crippen molar-refractivity contribution in [2.24, 2.45) is 0 Å². The van der Waals surface area contributed by atoms with Crippen molar-refractivity contribution in [2.75, 3.05) is 13.1 Å². The summed E-state index contributed by atoms with van der Waals surface area (Å²) >= 11 is 0. The van der Waals surface area contributed by atoms with E-state index in [9.17, 15) is 4.39 Å². The maximum atomic E-state index is 14.6. The molecule has 2 fully saturated rings. The second-order valence-corrected chi connectivity index (χ2v) is 8.27. The number of halogens is 1. The lowest BCUT2D eigenvalue weighted by molar-refractivity contribution is 0.231. The SMILES string of the molecule is Cc1nc(C2CCC2)cc(-n2ncc3cc(C)c(C4CCNCC4F)cc32)n1. The van der Waals surface area contributed by atoms with Crippen LogP contribution in [0.15, 0.2) is 24.4 Å². The highest BCUT2D eigenvalue weighted by Gasteiger charge is 2.28. The van der Waals surface area contributed by atoms with Crippen LogP contribution in [0.3, 0.4) is 0 Å². The Morgan fingerprint density at radius 2 is 1.96 bits per heavy atom. The molecular formula is C22H26FN5. The average molecular weight is 379 g/mol. The predicted octanol–water partition coefficient (Wildman–Crippen LogP) is 4.11. The summed E-state index contributed by atoms with van der Waals surface area (Å²) in [6.45, 7) is 5.30. The molecule has 28 heavy (non-hydrogen) atoms. The van der Waals surface area contributed by atoms with Crippen LogP contribution in [0.25, 0.3) is 16.7 Å². The highest BCUT2D eigenvalue weighted by atomic mass is 19.1. The van der Waals surface area contributed by atoms with E-state index in [1.54, 1.807) is 0 Å². The van der Waals surface area contributed by atoms with Gasteiger partial charge in [0.1, 0.15) is 12.0 Å². The molecule has 1 aromatic carbocycles. The summed E-state index contributed by atoms with van der Waals surface area (Å²) in [4.78, 5) is 9.30. The largest absolute Gasteiger partial charge is 0.314 e. The highest BCUT2D eigenvalue weighted by Crippen LogP contribution is 2.36. The number of piperidine rings is 1. The fourth-order valence-corrected chi connectivity index (χ4v) is 4.55. The van der Waals surface area contributed by atoms with Crippen LogP contribution in [-0.2, 0) is 0 Å². The first-order valence-corrected chi connectivity index (χ1v) is 10.3. The van der Waals surface area contributed by atoms with E-state index in [2.05, 4.69) is 45.5 Å². The molecule has 0 spiro atoms. The van der Waals surface area contributed by atoms with Gasteiger partial charge in [0.2, 0.25) is 0 Å². The molecule has 1 N–H and O–H groups in total. The summed E-state index contributed by atoms with van der Waals surface area (Å²) in [7, 11) is 0. The van der Waals surface area contributed by atoms with Crippen LogP contribution >= 0.6 is 0 Å². The third-order valence-corrected chi connectivity index (χ3v) is 6.35. The quantitative estimate of drug-likeness (QED) is 0.744. The van der Waals surface area contributed by atoms with Gasteiger partial charge in [-0.2, -0.15) is 5.10 Å². The fourth-order valence-electron chi connectivity index (χ4n) is 4.55. The molecule has 2 aromatic heterocycles. The lowest BCUT2D eigenvalue weighted by Crippen LogP contribution is -2.36. The van der Waals surface area contributed by atoms with Crippen LogP contribution in [0, 0.1) is 13.8 Å². The molecule has 0 bridgehead atoms. The van der Waals surface area contributed by atoms with Crippen LogP contribution in [0.2, 0.25) is 0 Å².